The first-order valence-corrected chi connectivity index (χ1v) is 4.76. The number of phenolic OH excluding ortho intramolecular Hbond substituents is 2. The maximum absolute atomic E-state index is 11.7. The number of phenols is 2. The predicted molar refractivity (Wildman–Crippen MR) is 59.8 cm³/mol. The van der Waals surface area contributed by atoms with Crippen molar-refractivity contribution in [1.82, 2.24) is 9.97 Å². The lowest BCUT2D eigenvalue weighted by Gasteiger charge is -2.04. The fraction of sp³-hybridized carbons (Fsp3) is 0. The molecule has 0 saturated carbocycles. The molecule has 3 N–H and O–H groups in total. The van der Waals surface area contributed by atoms with Crippen LogP contribution in [0, 0.1) is 0 Å². The highest BCUT2D eigenvalue weighted by Gasteiger charge is 2.09. The smallest absolute Gasteiger partial charge is 0.256 e. The molecule has 6 heteroatoms. The Hall–Kier alpha value is -2.63. The number of carbonyl (C=O) groups excluding carboxylic acids is 1. The maximum atomic E-state index is 11.7. The van der Waals surface area contributed by atoms with Crippen molar-refractivity contribution in [2.45, 2.75) is 0 Å². The number of aromatic nitrogens is 2. The number of carbonyl (C=O) groups is 1. The van der Waals surface area contributed by atoms with Gasteiger partial charge in [0.25, 0.3) is 5.91 Å². The number of nitrogens with one attached hydrogen (secondary N) is 1. The fourth-order valence-corrected chi connectivity index (χ4v) is 1.22. The number of rotatable bonds is 2. The van der Waals surface area contributed by atoms with E-state index in [1.807, 2.05) is 0 Å². The molecule has 17 heavy (non-hydrogen) atoms. The Bertz CT molecular complexity index is 543. The van der Waals surface area contributed by atoms with Gasteiger partial charge in [-0.15, -0.1) is 0 Å². The van der Waals surface area contributed by atoms with Crippen LogP contribution in [0.25, 0.3) is 0 Å². The molecule has 1 aromatic heterocycles. The predicted octanol–water partition coefficient (Wildman–Crippen LogP) is 1.14. The maximum Gasteiger partial charge on any atom is 0.256 e. The van der Waals surface area contributed by atoms with Crippen LogP contribution in [0.1, 0.15) is 10.4 Å². The number of amides is 1. The Kier molecular flexibility index (Phi) is 2.87. The van der Waals surface area contributed by atoms with Crippen molar-refractivity contribution < 1.29 is 15.0 Å². The van der Waals surface area contributed by atoms with Crippen LogP contribution in [0.3, 0.4) is 0 Å². The van der Waals surface area contributed by atoms with E-state index in [1.54, 1.807) is 0 Å². The molecule has 0 aliphatic carbocycles. The molecule has 0 fully saturated rings. The standard InChI is InChI=1S/C11H9N3O3/c15-8-2-1-7(5-9(8)16)11(17)14-10-6-12-3-4-13-10/h1-6,15-16H,(H,13,14,17). The average molecular weight is 231 g/mol. The van der Waals surface area contributed by atoms with E-state index in [1.165, 1.54) is 36.8 Å². The van der Waals surface area contributed by atoms with Gasteiger partial charge in [-0.2, -0.15) is 0 Å². The van der Waals surface area contributed by atoms with Gasteiger partial charge in [0.2, 0.25) is 0 Å². The monoisotopic (exact) mass is 231 g/mol. The van der Waals surface area contributed by atoms with E-state index in [-0.39, 0.29) is 17.1 Å². The molecule has 0 aliphatic rings. The minimum Gasteiger partial charge on any atom is -0.504 e. The Morgan fingerprint density at radius 2 is 2.00 bits per heavy atom. The summed E-state index contributed by atoms with van der Waals surface area (Å²) in [5, 5.41) is 20.9. The van der Waals surface area contributed by atoms with E-state index in [4.69, 9.17) is 5.11 Å². The Balaban J connectivity index is 2.18. The highest BCUT2D eigenvalue weighted by Crippen LogP contribution is 2.25. The minimum absolute atomic E-state index is 0.214. The van der Waals surface area contributed by atoms with Crippen molar-refractivity contribution in [2.75, 3.05) is 5.32 Å². The zero-order valence-electron chi connectivity index (χ0n) is 8.66. The van der Waals surface area contributed by atoms with E-state index in [9.17, 15) is 9.90 Å². The zero-order valence-corrected chi connectivity index (χ0v) is 8.66. The number of benzene rings is 1. The van der Waals surface area contributed by atoms with Crippen LogP contribution in [-0.4, -0.2) is 26.1 Å². The van der Waals surface area contributed by atoms with Crippen LogP contribution < -0.4 is 5.32 Å². The molecule has 0 saturated heterocycles. The van der Waals surface area contributed by atoms with Crippen LogP contribution in [0.15, 0.2) is 36.8 Å². The van der Waals surface area contributed by atoms with Crippen LogP contribution in [0.2, 0.25) is 0 Å². The van der Waals surface area contributed by atoms with E-state index in [2.05, 4.69) is 15.3 Å². The molecule has 0 aliphatic heterocycles. The lowest BCUT2D eigenvalue weighted by molar-refractivity contribution is 0.102. The third-order valence-corrected chi connectivity index (χ3v) is 2.04. The first kappa shape index (κ1) is 10.9. The van der Waals surface area contributed by atoms with Crippen molar-refractivity contribution in [3.05, 3.63) is 42.4 Å². The lowest BCUT2D eigenvalue weighted by Crippen LogP contribution is -2.12. The summed E-state index contributed by atoms with van der Waals surface area (Å²) in [7, 11) is 0. The molecule has 1 heterocycles. The summed E-state index contributed by atoms with van der Waals surface area (Å²) in [6, 6.07) is 3.79. The normalized spacial score (nSPS) is 9.88. The molecule has 2 aromatic rings. The minimum atomic E-state index is -0.444. The number of nitrogens with zero attached hydrogens (tertiary/aromatic N) is 2. The van der Waals surface area contributed by atoms with Crippen molar-refractivity contribution in [1.29, 1.82) is 0 Å². The first-order chi connectivity index (χ1) is 8.16. The van der Waals surface area contributed by atoms with Gasteiger partial charge in [0.15, 0.2) is 17.3 Å². The molecular formula is C11H9N3O3. The highest BCUT2D eigenvalue weighted by atomic mass is 16.3. The average Bonchev–Trinajstić information content (AvgIpc) is 2.34. The van der Waals surface area contributed by atoms with E-state index in [0.717, 1.165) is 0 Å². The van der Waals surface area contributed by atoms with E-state index in [0.29, 0.717) is 5.82 Å². The number of hydrogen-bond acceptors (Lipinski definition) is 5. The second-order valence-corrected chi connectivity index (χ2v) is 3.25. The number of aromatic hydroxyl groups is 2. The summed E-state index contributed by atoms with van der Waals surface area (Å²) < 4.78 is 0. The summed E-state index contributed by atoms with van der Waals surface area (Å²) in [6.07, 6.45) is 4.34. The van der Waals surface area contributed by atoms with Crippen LogP contribution in [0.4, 0.5) is 5.82 Å². The second kappa shape index (κ2) is 4.48. The summed E-state index contributed by atoms with van der Waals surface area (Å²) in [5.41, 5.74) is 0.214. The zero-order chi connectivity index (χ0) is 12.3. The molecule has 86 valence electrons. The second-order valence-electron chi connectivity index (χ2n) is 3.25. The Morgan fingerprint density at radius 3 is 2.65 bits per heavy atom. The number of anilines is 1. The van der Waals surface area contributed by atoms with Crippen molar-refractivity contribution >= 4 is 11.7 Å². The molecule has 1 amide bonds. The number of hydrogen-bond donors (Lipinski definition) is 3. The van der Waals surface area contributed by atoms with E-state index >= 15 is 0 Å². The van der Waals surface area contributed by atoms with Crippen LogP contribution in [0.5, 0.6) is 11.5 Å². The molecule has 6 nitrogen and oxygen atoms in total. The molecular weight excluding hydrogens is 222 g/mol. The van der Waals surface area contributed by atoms with Gasteiger partial charge >= 0.3 is 0 Å². The van der Waals surface area contributed by atoms with Gasteiger partial charge in [0.05, 0.1) is 6.20 Å². The third kappa shape index (κ3) is 2.49. The van der Waals surface area contributed by atoms with Gasteiger partial charge in [-0.05, 0) is 18.2 Å². The molecule has 0 radical (unpaired) electrons. The Morgan fingerprint density at radius 1 is 1.18 bits per heavy atom. The molecule has 0 spiro atoms. The largest absolute Gasteiger partial charge is 0.504 e. The molecule has 0 atom stereocenters. The van der Waals surface area contributed by atoms with Crippen LogP contribution >= 0.6 is 0 Å². The summed E-state index contributed by atoms with van der Waals surface area (Å²) in [6.45, 7) is 0. The highest BCUT2D eigenvalue weighted by molar-refractivity contribution is 6.04. The first-order valence-electron chi connectivity index (χ1n) is 4.76. The molecule has 0 bridgehead atoms. The topological polar surface area (TPSA) is 95.3 Å². The van der Waals surface area contributed by atoms with Gasteiger partial charge < -0.3 is 15.5 Å². The quantitative estimate of drug-likeness (QED) is 0.673. The van der Waals surface area contributed by atoms with Gasteiger partial charge in [0.1, 0.15) is 0 Å². The summed E-state index contributed by atoms with van der Waals surface area (Å²) >= 11 is 0. The van der Waals surface area contributed by atoms with Crippen molar-refractivity contribution in [3.63, 3.8) is 0 Å². The van der Waals surface area contributed by atoms with Gasteiger partial charge in [-0.3, -0.25) is 9.78 Å². The summed E-state index contributed by atoms with van der Waals surface area (Å²) in [4.78, 5) is 19.4. The summed E-state index contributed by atoms with van der Waals surface area (Å²) in [5.74, 6) is -0.760. The Labute approximate surface area is 96.6 Å². The van der Waals surface area contributed by atoms with Crippen molar-refractivity contribution in [2.24, 2.45) is 0 Å². The molecule has 0 unspecified atom stereocenters. The van der Waals surface area contributed by atoms with E-state index < -0.39 is 5.91 Å². The van der Waals surface area contributed by atoms with Gasteiger partial charge in [-0.1, -0.05) is 0 Å². The van der Waals surface area contributed by atoms with Crippen LogP contribution in [-0.2, 0) is 0 Å². The lowest BCUT2D eigenvalue weighted by atomic mass is 10.2. The SMILES string of the molecule is O=C(Nc1cnccn1)c1ccc(O)c(O)c1. The third-order valence-electron chi connectivity index (χ3n) is 2.04. The van der Waals surface area contributed by atoms with Gasteiger partial charge in [0, 0.05) is 18.0 Å². The van der Waals surface area contributed by atoms with Crippen molar-refractivity contribution in [3.8, 4) is 11.5 Å². The molecule has 2 rings (SSSR count). The fourth-order valence-electron chi connectivity index (χ4n) is 1.22. The molecule has 1 aromatic carbocycles. The van der Waals surface area contributed by atoms with Gasteiger partial charge in [-0.25, -0.2) is 4.98 Å².